The molecule has 2 N–H and O–H groups in total. The first kappa shape index (κ1) is 21.2. The zero-order chi connectivity index (χ0) is 19.8. The van der Waals surface area contributed by atoms with Gasteiger partial charge in [-0.3, -0.25) is 10.1 Å². The highest BCUT2D eigenvalue weighted by Crippen LogP contribution is 2.24. The molecule has 0 aliphatic heterocycles. The minimum atomic E-state index is -0.337. The molecular weight excluding hydrogens is 428 g/mol. The molecule has 27 heavy (non-hydrogen) atoms. The minimum Gasteiger partial charge on any atom is -0.497 e. The topological polar surface area (TPSA) is 59.6 Å². The van der Waals surface area contributed by atoms with E-state index in [1.165, 1.54) is 0 Å². The average Bonchev–Trinajstić information content (AvgIpc) is 2.62. The molecule has 0 atom stereocenters. The van der Waals surface area contributed by atoms with Crippen molar-refractivity contribution in [3.63, 3.8) is 0 Å². The molecule has 0 spiro atoms. The first-order chi connectivity index (χ1) is 12.9. The molecule has 0 heterocycles. The molecule has 0 aromatic heterocycles. The Kier molecular flexibility index (Phi) is 8.06. The number of amides is 1. The Bertz CT molecular complexity index is 812. The summed E-state index contributed by atoms with van der Waals surface area (Å²) in [5.41, 5.74) is 1.14. The van der Waals surface area contributed by atoms with Gasteiger partial charge < -0.3 is 14.8 Å². The van der Waals surface area contributed by atoms with Crippen LogP contribution in [0.1, 0.15) is 30.6 Å². The lowest BCUT2D eigenvalue weighted by atomic mass is 10.1. The van der Waals surface area contributed by atoms with Gasteiger partial charge in [-0.2, -0.15) is 0 Å². The van der Waals surface area contributed by atoms with Crippen molar-refractivity contribution >= 4 is 44.9 Å². The summed E-state index contributed by atoms with van der Waals surface area (Å²) < 4.78 is 11.8. The number of rotatable bonds is 7. The number of methoxy groups -OCH3 is 1. The van der Waals surface area contributed by atoms with E-state index in [0.717, 1.165) is 16.6 Å². The van der Waals surface area contributed by atoms with Crippen LogP contribution >= 0.6 is 28.1 Å². The first-order valence-electron chi connectivity index (χ1n) is 8.57. The van der Waals surface area contributed by atoms with Crippen LogP contribution in [0.3, 0.4) is 0 Å². The second-order valence-corrected chi connectivity index (χ2v) is 7.64. The molecule has 0 aliphatic carbocycles. The van der Waals surface area contributed by atoms with E-state index >= 15 is 0 Å². The van der Waals surface area contributed by atoms with E-state index in [1.807, 2.05) is 24.3 Å². The molecule has 5 nitrogen and oxygen atoms in total. The number of thiocarbonyl (C=S) groups is 1. The maximum absolute atomic E-state index is 12.7. The van der Waals surface area contributed by atoms with Crippen molar-refractivity contribution in [2.24, 2.45) is 5.92 Å². The fraction of sp³-hybridized carbons (Fsp3) is 0.300. The Morgan fingerprint density at radius 1 is 1.22 bits per heavy atom. The number of hydrogen-bond acceptors (Lipinski definition) is 4. The van der Waals surface area contributed by atoms with E-state index < -0.39 is 0 Å². The van der Waals surface area contributed by atoms with Crippen LogP contribution in [0.25, 0.3) is 0 Å². The maximum Gasteiger partial charge on any atom is 0.261 e. The third-order valence-electron chi connectivity index (χ3n) is 3.69. The summed E-state index contributed by atoms with van der Waals surface area (Å²) in [5.74, 6) is 1.41. The third-order valence-corrected chi connectivity index (χ3v) is 4.39. The lowest BCUT2D eigenvalue weighted by Gasteiger charge is -2.14. The third kappa shape index (κ3) is 6.84. The second-order valence-electron chi connectivity index (χ2n) is 6.31. The molecule has 0 bridgehead atoms. The van der Waals surface area contributed by atoms with Gasteiger partial charge in [-0.05, 0) is 54.9 Å². The van der Waals surface area contributed by atoms with Gasteiger partial charge in [-0.25, -0.2) is 0 Å². The van der Waals surface area contributed by atoms with E-state index in [9.17, 15) is 4.79 Å². The van der Waals surface area contributed by atoms with Gasteiger partial charge in [0.05, 0.1) is 19.3 Å². The van der Waals surface area contributed by atoms with Gasteiger partial charge >= 0.3 is 0 Å². The molecule has 2 aromatic rings. The van der Waals surface area contributed by atoms with Crippen molar-refractivity contribution in [3.8, 4) is 11.5 Å². The number of halogens is 1. The van der Waals surface area contributed by atoms with Crippen molar-refractivity contribution in [2.75, 3.05) is 19.0 Å². The molecule has 0 unspecified atom stereocenters. The van der Waals surface area contributed by atoms with Crippen molar-refractivity contribution < 1.29 is 14.3 Å². The number of nitrogens with one attached hydrogen (secondary N) is 2. The van der Waals surface area contributed by atoms with Crippen molar-refractivity contribution in [3.05, 3.63) is 52.5 Å². The van der Waals surface area contributed by atoms with E-state index in [-0.39, 0.29) is 11.0 Å². The van der Waals surface area contributed by atoms with Crippen molar-refractivity contribution in [1.82, 2.24) is 5.32 Å². The summed E-state index contributed by atoms with van der Waals surface area (Å²) in [6.07, 6.45) is 0.910. The lowest BCUT2D eigenvalue weighted by molar-refractivity contribution is 0.0973. The highest BCUT2D eigenvalue weighted by Gasteiger charge is 2.15. The zero-order valence-corrected chi connectivity index (χ0v) is 17.9. The number of carbonyl (C=O) groups is 1. The van der Waals surface area contributed by atoms with Crippen molar-refractivity contribution in [2.45, 2.75) is 20.3 Å². The van der Waals surface area contributed by atoms with Gasteiger partial charge in [0.2, 0.25) is 0 Å². The van der Waals surface area contributed by atoms with Gasteiger partial charge in [-0.15, -0.1) is 0 Å². The van der Waals surface area contributed by atoms with E-state index in [2.05, 4.69) is 40.4 Å². The van der Waals surface area contributed by atoms with Crippen LogP contribution in [0.2, 0.25) is 0 Å². The molecule has 7 heteroatoms. The van der Waals surface area contributed by atoms with Gasteiger partial charge in [0, 0.05) is 16.2 Å². The van der Waals surface area contributed by atoms with Crippen LogP contribution in [0.15, 0.2) is 46.9 Å². The maximum atomic E-state index is 12.7. The molecule has 1 amide bonds. The molecule has 0 radical (unpaired) electrons. The Morgan fingerprint density at radius 2 is 2.00 bits per heavy atom. The SMILES string of the molecule is COc1cccc(NC(=S)NC(=O)c2cc(Br)ccc2OCCC(C)C)c1. The van der Waals surface area contributed by atoms with Gasteiger partial charge in [0.25, 0.3) is 5.91 Å². The van der Waals surface area contributed by atoms with E-state index in [1.54, 1.807) is 25.3 Å². The summed E-state index contributed by atoms with van der Waals surface area (Å²) in [4.78, 5) is 12.7. The summed E-state index contributed by atoms with van der Waals surface area (Å²) in [5, 5.41) is 5.86. The van der Waals surface area contributed by atoms with Crippen LogP contribution in [0.4, 0.5) is 5.69 Å². The molecule has 2 rings (SSSR count). The lowest BCUT2D eigenvalue weighted by Crippen LogP contribution is -2.34. The van der Waals surface area contributed by atoms with Crippen LogP contribution in [-0.2, 0) is 0 Å². The number of hydrogen-bond donors (Lipinski definition) is 2. The summed E-state index contributed by atoms with van der Waals surface area (Å²) >= 11 is 8.65. The predicted octanol–water partition coefficient (Wildman–Crippen LogP) is 5.01. The molecule has 0 saturated carbocycles. The standard InChI is InChI=1S/C20H23BrN2O3S/c1-13(2)9-10-26-18-8-7-14(21)11-17(18)19(24)23-20(27)22-15-5-4-6-16(12-15)25-3/h4-8,11-13H,9-10H2,1-3H3,(H2,22,23,24,27). The molecule has 0 saturated heterocycles. The van der Waals surface area contributed by atoms with Gasteiger partial charge in [-0.1, -0.05) is 35.8 Å². The fourth-order valence-electron chi connectivity index (χ4n) is 2.24. The number of anilines is 1. The van der Waals surface area contributed by atoms with E-state index in [4.69, 9.17) is 21.7 Å². The van der Waals surface area contributed by atoms with Gasteiger partial charge in [0.15, 0.2) is 5.11 Å². The molecule has 144 valence electrons. The van der Waals surface area contributed by atoms with Crippen molar-refractivity contribution in [1.29, 1.82) is 0 Å². The number of ether oxygens (including phenoxy) is 2. The first-order valence-corrected chi connectivity index (χ1v) is 9.78. The smallest absolute Gasteiger partial charge is 0.261 e. The summed E-state index contributed by atoms with van der Waals surface area (Å²) in [6, 6.07) is 12.6. The molecule has 2 aromatic carbocycles. The normalized spacial score (nSPS) is 10.4. The predicted molar refractivity (Wildman–Crippen MR) is 116 cm³/mol. The fourth-order valence-corrected chi connectivity index (χ4v) is 2.82. The second kappa shape index (κ2) is 10.3. The molecule has 0 aliphatic rings. The minimum absolute atomic E-state index is 0.196. The Hall–Kier alpha value is -2.12. The monoisotopic (exact) mass is 450 g/mol. The highest BCUT2D eigenvalue weighted by molar-refractivity contribution is 9.10. The molecule has 0 fully saturated rings. The Morgan fingerprint density at radius 3 is 2.70 bits per heavy atom. The highest BCUT2D eigenvalue weighted by atomic mass is 79.9. The van der Waals surface area contributed by atoms with Crippen LogP contribution in [0, 0.1) is 5.92 Å². The largest absolute Gasteiger partial charge is 0.497 e. The quantitative estimate of drug-likeness (QED) is 0.580. The Labute approximate surface area is 173 Å². The zero-order valence-electron chi connectivity index (χ0n) is 15.5. The van der Waals surface area contributed by atoms with Gasteiger partial charge in [0.1, 0.15) is 11.5 Å². The average molecular weight is 451 g/mol. The van der Waals surface area contributed by atoms with Crippen LogP contribution in [0.5, 0.6) is 11.5 Å². The number of carbonyl (C=O) groups excluding carboxylic acids is 1. The number of benzene rings is 2. The Balaban J connectivity index is 2.05. The van der Waals surface area contributed by atoms with Crippen LogP contribution < -0.4 is 20.1 Å². The summed E-state index contributed by atoms with van der Waals surface area (Å²) in [6.45, 7) is 4.80. The summed E-state index contributed by atoms with van der Waals surface area (Å²) in [7, 11) is 1.59. The molecular formula is C20H23BrN2O3S. The van der Waals surface area contributed by atoms with E-state index in [0.29, 0.717) is 29.6 Å². The van der Waals surface area contributed by atoms with Crippen LogP contribution in [-0.4, -0.2) is 24.7 Å².